The van der Waals surface area contributed by atoms with Crippen LogP contribution in [-0.2, 0) is 19.5 Å². The van der Waals surface area contributed by atoms with Crippen molar-refractivity contribution in [2.24, 2.45) is 0 Å². The number of ether oxygens (including phenoxy) is 1. The van der Waals surface area contributed by atoms with E-state index in [9.17, 15) is 0 Å². The molecular weight excluding hydrogens is 360 g/mol. The van der Waals surface area contributed by atoms with Gasteiger partial charge in [-0.3, -0.25) is 9.80 Å². The maximum Gasteiger partial charge on any atom is 0.241 e. The molecule has 1 aliphatic rings. The predicted octanol–water partition coefficient (Wildman–Crippen LogP) is 2.01. The Labute approximate surface area is 163 Å². The topological polar surface area (TPSA) is 93.6 Å². The number of aryl methyl sites for hydroxylation is 1. The first-order valence-electron chi connectivity index (χ1n) is 9.46. The highest BCUT2D eigenvalue weighted by Crippen LogP contribution is 2.20. The summed E-state index contributed by atoms with van der Waals surface area (Å²) < 4.78 is 15.9. The Morgan fingerprint density at radius 1 is 0.893 bits per heavy atom. The van der Waals surface area contributed by atoms with E-state index in [4.69, 9.17) is 13.8 Å². The molecule has 3 aromatic rings. The monoisotopic (exact) mass is 384 g/mol. The van der Waals surface area contributed by atoms with Gasteiger partial charge in [0.2, 0.25) is 17.6 Å². The smallest absolute Gasteiger partial charge is 0.241 e. The zero-order chi connectivity index (χ0) is 19.3. The maximum atomic E-state index is 5.44. The fourth-order valence-corrected chi connectivity index (χ4v) is 3.16. The van der Waals surface area contributed by atoms with Gasteiger partial charge in [0, 0.05) is 38.2 Å². The first-order chi connectivity index (χ1) is 13.7. The molecule has 0 amide bonds. The minimum Gasteiger partial charge on any atom is -0.497 e. The van der Waals surface area contributed by atoms with Crippen molar-refractivity contribution in [3.63, 3.8) is 0 Å². The van der Waals surface area contributed by atoms with Crippen molar-refractivity contribution in [2.45, 2.75) is 26.4 Å². The van der Waals surface area contributed by atoms with Gasteiger partial charge in [0.1, 0.15) is 5.75 Å². The molecule has 4 rings (SSSR count). The Balaban J connectivity index is 1.28. The van der Waals surface area contributed by atoms with E-state index in [2.05, 4.69) is 30.1 Å². The zero-order valence-electron chi connectivity index (χ0n) is 16.2. The molecule has 0 saturated carbocycles. The number of hydrogen-bond donors (Lipinski definition) is 0. The minimum atomic E-state index is 0.597. The van der Waals surface area contributed by atoms with E-state index in [1.54, 1.807) is 7.11 Å². The van der Waals surface area contributed by atoms with Gasteiger partial charge in [-0.2, -0.15) is 9.97 Å². The molecule has 0 aliphatic carbocycles. The number of hydrogen-bond acceptors (Lipinski definition) is 9. The summed E-state index contributed by atoms with van der Waals surface area (Å²) >= 11 is 0. The summed E-state index contributed by atoms with van der Waals surface area (Å²) in [5, 5.41) is 8.05. The van der Waals surface area contributed by atoms with Gasteiger partial charge in [-0.15, -0.1) is 0 Å². The van der Waals surface area contributed by atoms with Crippen molar-refractivity contribution < 1.29 is 13.8 Å². The van der Waals surface area contributed by atoms with Gasteiger partial charge in [0.25, 0.3) is 0 Å². The third-order valence-electron chi connectivity index (χ3n) is 4.83. The van der Waals surface area contributed by atoms with Gasteiger partial charge in [-0.25, -0.2) is 0 Å². The normalized spacial score (nSPS) is 15.8. The molecule has 9 nitrogen and oxygen atoms in total. The van der Waals surface area contributed by atoms with Crippen LogP contribution in [0.15, 0.2) is 33.3 Å². The van der Waals surface area contributed by atoms with Crippen LogP contribution in [0.5, 0.6) is 5.75 Å². The molecule has 148 valence electrons. The molecule has 9 heteroatoms. The van der Waals surface area contributed by atoms with E-state index in [0.29, 0.717) is 30.7 Å². The van der Waals surface area contributed by atoms with Crippen LogP contribution >= 0.6 is 0 Å². The third-order valence-corrected chi connectivity index (χ3v) is 4.83. The Morgan fingerprint density at radius 3 is 2.07 bits per heavy atom. The molecule has 0 spiro atoms. The summed E-state index contributed by atoms with van der Waals surface area (Å²) in [6, 6.07) is 7.62. The molecule has 1 saturated heterocycles. The molecule has 2 aromatic heterocycles. The van der Waals surface area contributed by atoms with E-state index < -0.39 is 0 Å². The Bertz CT molecular complexity index is 883. The number of rotatable bonds is 7. The van der Waals surface area contributed by atoms with Crippen LogP contribution in [-0.4, -0.2) is 63.4 Å². The Kier molecular flexibility index (Phi) is 5.63. The van der Waals surface area contributed by atoms with E-state index in [1.165, 1.54) is 0 Å². The maximum absolute atomic E-state index is 5.44. The van der Waals surface area contributed by atoms with Crippen LogP contribution in [0.25, 0.3) is 11.4 Å². The third kappa shape index (κ3) is 4.37. The van der Waals surface area contributed by atoms with Crippen LogP contribution < -0.4 is 4.74 Å². The van der Waals surface area contributed by atoms with Crippen LogP contribution in [0.4, 0.5) is 0 Å². The molecule has 0 bridgehead atoms. The van der Waals surface area contributed by atoms with Crippen molar-refractivity contribution in [1.82, 2.24) is 30.1 Å². The van der Waals surface area contributed by atoms with Crippen molar-refractivity contribution in [1.29, 1.82) is 0 Å². The van der Waals surface area contributed by atoms with Crippen molar-refractivity contribution in [2.75, 3.05) is 33.3 Å². The number of piperazine rings is 1. The van der Waals surface area contributed by atoms with Crippen LogP contribution in [0.2, 0.25) is 0 Å². The molecule has 28 heavy (non-hydrogen) atoms. The fraction of sp³-hybridized carbons (Fsp3) is 0.474. The van der Waals surface area contributed by atoms with Crippen LogP contribution in [0.1, 0.15) is 24.5 Å². The van der Waals surface area contributed by atoms with Gasteiger partial charge in [-0.05, 0) is 24.3 Å². The number of aromatic nitrogens is 4. The SMILES string of the molecule is CCc1noc(CN2CCN(Cc3nc(-c4ccc(OC)cc4)no3)CC2)n1. The quantitative estimate of drug-likeness (QED) is 0.606. The van der Waals surface area contributed by atoms with Gasteiger partial charge < -0.3 is 13.8 Å². The zero-order valence-corrected chi connectivity index (χ0v) is 16.2. The van der Waals surface area contributed by atoms with Gasteiger partial charge in [-0.1, -0.05) is 17.2 Å². The van der Waals surface area contributed by atoms with E-state index in [0.717, 1.165) is 49.7 Å². The second-order valence-electron chi connectivity index (χ2n) is 6.75. The lowest BCUT2D eigenvalue weighted by atomic mass is 10.2. The first kappa shape index (κ1) is 18.6. The summed E-state index contributed by atoms with van der Waals surface area (Å²) in [6.07, 6.45) is 0.792. The summed E-state index contributed by atoms with van der Waals surface area (Å²) in [4.78, 5) is 13.5. The second-order valence-corrected chi connectivity index (χ2v) is 6.75. The lowest BCUT2D eigenvalue weighted by Gasteiger charge is -2.32. The predicted molar refractivity (Wildman–Crippen MR) is 101 cm³/mol. The van der Waals surface area contributed by atoms with E-state index in [1.807, 2.05) is 31.2 Å². The highest BCUT2D eigenvalue weighted by Gasteiger charge is 2.21. The summed E-state index contributed by atoms with van der Waals surface area (Å²) in [6.45, 7) is 7.09. The summed E-state index contributed by atoms with van der Waals surface area (Å²) in [5.74, 6) is 3.48. The Morgan fingerprint density at radius 2 is 1.50 bits per heavy atom. The summed E-state index contributed by atoms with van der Waals surface area (Å²) in [5.41, 5.74) is 0.909. The standard InChI is InChI=1S/C19H24N6O3/c1-3-16-20-17(27-22-16)12-24-8-10-25(11-9-24)13-18-21-19(23-28-18)14-4-6-15(26-2)7-5-14/h4-7H,3,8-13H2,1-2H3. The van der Waals surface area contributed by atoms with Crippen molar-refractivity contribution >= 4 is 0 Å². The number of nitrogens with zero attached hydrogens (tertiary/aromatic N) is 6. The highest BCUT2D eigenvalue weighted by atomic mass is 16.5. The van der Waals surface area contributed by atoms with E-state index >= 15 is 0 Å². The molecule has 3 heterocycles. The Hall–Kier alpha value is -2.78. The molecule has 0 N–H and O–H groups in total. The molecule has 0 unspecified atom stereocenters. The van der Waals surface area contributed by atoms with Gasteiger partial charge in [0.15, 0.2) is 5.82 Å². The molecule has 0 radical (unpaired) electrons. The van der Waals surface area contributed by atoms with Crippen molar-refractivity contribution in [3.8, 4) is 17.1 Å². The van der Waals surface area contributed by atoms with Crippen LogP contribution in [0, 0.1) is 0 Å². The highest BCUT2D eigenvalue weighted by molar-refractivity contribution is 5.55. The number of benzene rings is 1. The second kappa shape index (κ2) is 8.49. The number of methoxy groups -OCH3 is 1. The molecule has 1 aromatic carbocycles. The lowest BCUT2D eigenvalue weighted by Crippen LogP contribution is -2.45. The minimum absolute atomic E-state index is 0.597. The first-order valence-corrected chi connectivity index (χ1v) is 9.46. The van der Waals surface area contributed by atoms with Gasteiger partial charge >= 0.3 is 0 Å². The molecular formula is C19H24N6O3. The largest absolute Gasteiger partial charge is 0.497 e. The van der Waals surface area contributed by atoms with Crippen LogP contribution in [0.3, 0.4) is 0 Å². The molecule has 1 fully saturated rings. The lowest BCUT2D eigenvalue weighted by molar-refractivity contribution is 0.103. The van der Waals surface area contributed by atoms with Crippen molar-refractivity contribution in [3.05, 3.63) is 41.9 Å². The average Bonchev–Trinajstić information content (AvgIpc) is 3.39. The van der Waals surface area contributed by atoms with Gasteiger partial charge in [0.05, 0.1) is 20.2 Å². The summed E-state index contributed by atoms with van der Waals surface area (Å²) in [7, 11) is 1.64. The van der Waals surface area contributed by atoms with E-state index in [-0.39, 0.29) is 0 Å². The average molecular weight is 384 g/mol. The molecule has 1 aliphatic heterocycles. The fourth-order valence-electron chi connectivity index (χ4n) is 3.16. The molecule has 0 atom stereocenters.